The second kappa shape index (κ2) is 5.97. The molecule has 1 unspecified atom stereocenters. The molecule has 0 radical (unpaired) electrons. The van der Waals surface area contributed by atoms with Crippen molar-refractivity contribution in [3.8, 4) is 0 Å². The molecule has 2 aliphatic rings. The highest BCUT2D eigenvalue weighted by Crippen LogP contribution is 2.28. The van der Waals surface area contributed by atoms with E-state index in [0.717, 1.165) is 31.5 Å². The van der Waals surface area contributed by atoms with Crippen molar-refractivity contribution in [2.75, 3.05) is 11.9 Å². The molecule has 5 heteroatoms. The molecular formula is C16H24N2O2S. The molecule has 0 aromatic heterocycles. The molecule has 1 aromatic carbocycles. The van der Waals surface area contributed by atoms with Crippen LogP contribution >= 0.6 is 0 Å². The maximum Gasteiger partial charge on any atom is 0.240 e. The Bertz CT molecular complexity index is 607. The fraction of sp³-hybridized carbons (Fsp3) is 0.625. The van der Waals surface area contributed by atoms with Crippen LogP contribution in [0.5, 0.6) is 0 Å². The fourth-order valence-corrected chi connectivity index (χ4v) is 4.82. The highest BCUT2D eigenvalue weighted by atomic mass is 32.2. The summed E-state index contributed by atoms with van der Waals surface area (Å²) in [6, 6.07) is 5.42. The highest BCUT2D eigenvalue weighted by molar-refractivity contribution is 7.89. The van der Waals surface area contributed by atoms with Gasteiger partial charge in [-0.2, -0.15) is 0 Å². The van der Waals surface area contributed by atoms with Crippen molar-refractivity contribution in [1.29, 1.82) is 0 Å². The maximum atomic E-state index is 12.5. The number of hydrogen-bond donors (Lipinski definition) is 2. The van der Waals surface area contributed by atoms with Gasteiger partial charge in [0.1, 0.15) is 0 Å². The molecule has 1 heterocycles. The van der Waals surface area contributed by atoms with Crippen LogP contribution in [-0.4, -0.2) is 21.0 Å². The minimum atomic E-state index is -3.42. The summed E-state index contributed by atoms with van der Waals surface area (Å²) >= 11 is 0. The Morgan fingerprint density at radius 3 is 2.76 bits per heavy atom. The van der Waals surface area contributed by atoms with Gasteiger partial charge in [0.15, 0.2) is 0 Å². The van der Waals surface area contributed by atoms with Crippen molar-refractivity contribution in [3.05, 3.63) is 23.8 Å². The van der Waals surface area contributed by atoms with Gasteiger partial charge in [0, 0.05) is 18.3 Å². The lowest BCUT2D eigenvalue weighted by Gasteiger charge is -2.28. The molecule has 1 fully saturated rings. The van der Waals surface area contributed by atoms with E-state index in [-0.39, 0.29) is 6.04 Å². The number of benzene rings is 1. The fourth-order valence-electron chi connectivity index (χ4n) is 3.48. The highest BCUT2D eigenvalue weighted by Gasteiger charge is 2.26. The zero-order valence-electron chi connectivity index (χ0n) is 12.6. The molecule has 21 heavy (non-hydrogen) atoms. The Kier molecular flexibility index (Phi) is 4.22. The molecule has 4 nitrogen and oxygen atoms in total. The van der Waals surface area contributed by atoms with E-state index in [1.54, 1.807) is 12.1 Å². The zero-order chi connectivity index (χ0) is 14.9. The summed E-state index contributed by atoms with van der Waals surface area (Å²) in [6.45, 7) is 2.89. The average Bonchev–Trinajstić information content (AvgIpc) is 2.95. The Balaban J connectivity index is 1.74. The summed E-state index contributed by atoms with van der Waals surface area (Å²) in [5.41, 5.74) is 2.16. The number of hydrogen-bond acceptors (Lipinski definition) is 3. The van der Waals surface area contributed by atoms with Crippen molar-refractivity contribution < 1.29 is 8.42 Å². The third kappa shape index (κ3) is 3.24. The van der Waals surface area contributed by atoms with Crippen LogP contribution in [-0.2, 0) is 16.4 Å². The van der Waals surface area contributed by atoms with Gasteiger partial charge >= 0.3 is 0 Å². The molecule has 0 saturated heterocycles. The SMILES string of the molecule is CC(NS(=O)(=O)c1ccc2c(c1)NCC2)C1CCCCC1. The Labute approximate surface area is 127 Å². The summed E-state index contributed by atoms with van der Waals surface area (Å²) in [6.07, 6.45) is 6.97. The number of sulfonamides is 1. The first kappa shape index (κ1) is 14.9. The monoisotopic (exact) mass is 308 g/mol. The average molecular weight is 308 g/mol. The van der Waals surface area contributed by atoms with Gasteiger partial charge < -0.3 is 5.32 Å². The van der Waals surface area contributed by atoms with Crippen LogP contribution in [0.3, 0.4) is 0 Å². The number of anilines is 1. The van der Waals surface area contributed by atoms with Gasteiger partial charge in [-0.25, -0.2) is 13.1 Å². The minimum Gasteiger partial charge on any atom is -0.384 e. The van der Waals surface area contributed by atoms with Crippen LogP contribution in [0, 0.1) is 5.92 Å². The Morgan fingerprint density at radius 2 is 2.00 bits per heavy atom. The lowest BCUT2D eigenvalue weighted by atomic mass is 9.85. The Morgan fingerprint density at radius 1 is 1.24 bits per heavy atom. The zero-order valence-corrected chi connectivity index (χ0v) is 13.4. The second-order valence-corrected chi connectivity index (χ2v) is 8.02. The third-order valence-corrected chi connectivity index (χ3v) is 6.36. The third-order valence-electron chi connectivity index (χ3n) is 4.80. The van der Waals surface area contributed by atoms with Gasteiger partial charge in [-0.05, 0) is 49.8 Å². The normalized spacial score (nSPS) is 20.8. The molecule has 0 amide bonds. The van der Waals surface area contributed by atoms with Gasteiger partial charge in [-0.1, -0.05) is 25.3 Å². The lowest BCUT2D eigenvalue weighted by Crippen LogP contribution is -2.38. The van der Waals surface area contributed by atoms with Crippen LogP contribution in [0.15, 0.2) is 23.1 Å². The Hall–Kier alpha value is -1.07. The number of nitrogens with one attached hydrogen (secondary N) is 2. The maximum absolute atomic E-state index is 12.5. The van der Waals surface area contributed by atoms with Crippen molar-refractivity contribution in [2.45, 2.75) is 56.4 Å². The van der Waals surface area contributed by atoms with Gasteiger partial charge in [0.05, 0.1) is 4.90 Å². The second-order valence-electron chi connectivity index (χ2n) is 6.30. The van der Waals surface area contributed by atoms with Gasteiger partial charge in [0.2, 0.25) is 10.0 Å². The van der Waals surface area contributed by atoms with Crippen molar-refractivity contribution in [3.63, 3.8) is 0 Å². The first-order valence-corrected chi connectivity index (χ1v) is 9.44. The molecule has 2 N–H and O–H groups in total. The number of fused-ring (bicyclic) bond motifs is 1. The van der Waals surface area contributed by atoms with E-state index in [1.807, 2.05) is 13.0 Å². The van der Waals surface area contributed by atoms with Crippen LogP contribution < -0.4 is 10.0 Å². The minimum absolute atomic E-state index is 0.0107. The van der Waals surface area contributed by atoms with Crippen molar-refractivity contribution in [2.24, 2.45) is 5.92 Å². The van der Waals surface area contributed by atoms with Gasteiger partial charge in [-0.15, -0.1) is 0 Å². The molecule has 0 bridgehead atoms. The predicted octanol–water partition coefficient (Wildman–Crippen LogP) is 2.90. The molecule has 0 spiro atoms. The quantitative estimate of drug-likeness (QED) is 0.899. The van der Waals surface area contributed by atoms with Gasteiger partial charge in [-0.3, -0.25) is 0 Å². The van der Waals surface area contributed by atoms with Gasteiger partial charge in [0.25, 0.3) is 0 Å². The molecule has 1 aliphatic heterocycles. The van der Waals surface area contributed by atoms with Crippen molar-refractivity contribution >= 4 is 15.7 Å². The molecular weight excluding hydrogens is 284 g/mol. The lowest BCUT2D eigenvalue weighted by molar-refractivity contribution is 0.303. The van der Waals surface area contributed by atoms with E-state index in [4.69, 9.17) is 0 Å². The molecule has 116 valence electrons. The summed E-state index contributed by atoms with van der Waals surface area (Å²) in [5, 5.41) is 3.24. The van der Waals surface area contributed by atoms with E-state index in [1.165, 1.54) is 24.8 Å². The molecule has 1 atom stereocenters. The van der Waals surface area contributed by atoms with E-state index < -0.39 is 10.0 Å². The topological polar surface area (TPSA) is 58.2 Å². The first-order chi connectivity index (χ1) is 10.1. The van der Waals surface area contributed by atoms with E-state index >= 15 is 0 Å². The predicted molar refractivity (Wildman–Crippen MR) is 85.0 cm³/mol. The first-order valence-electron chi connectivity index (χ1n) is 7.95. The summed E-state index contributed by atoms with van der Waals surface area (Å²) < 4.78 is 28.0. The number of rotatable bonds is 4. The summed E-state index contributed by atoms with van der Waals surface area (Å²) in [4.78, 5) is 0.373. The molecule has 1 aromatic rings. The van der Waals surface area contributed by atoms with E-state index in [2.05, 4.69) is 10.0 Å². The van der Waals surface area contributed by atoms with Crippen molar-refractivity contribution in [1.82, 2.24) is 4.72 Å². The largest absolute Gasteiger partial charge is 0.384 e. The molecule has 3 rings (SSSR count). The van der Waals surface area contributed by atoms with Crippen LogP contribution in [0.4, 0.5) is 5.69 Å². The van der Waals surface area contributed by atoms with Crippen LogP contribution in [0.1, 0.15) is 44.6 Å². The van der Waals surface area contributed by atoms with E-state index in [0.29, 0.717) is 10.8 Å². The van der Waals surface area contributed by atoms with Crippen LogP contribution in [0.2, 0.25) is 0 Å². The summed E-state index contributed by atoms with van der Waals surface area (Å²) in [7, 11) is -3.42. The standard InChI is InChI=1S/C16H24N2O2S/c1-12(13-5-3-2-4-6-13)18-21(19,20)15-8-7-14-9-10-17-16(14)11-15/h7-8,11-13,17-18H,2-6,9-10H2,1H3. The van der Waals surface area contributed by atoms with E-state index in [9.17, 15) is 8.42 Å². The smallest absolute Gasteiger partial charge is 0.240 e. The van der Waals surface area contributed by atoms with Crippen LogP contribution in [0.25, 0.3) is 0 Å². The molecule has 1 aliphatic carbocycles. The molecule has 1 saturated carbocycles. The summed E-state index contributed by atoms with van der Waals surface area (Å²) in [5.74, 6) is 0.473.